The number of para-hydroxylation sites is 1. The molecule has 0 radical (unpaired) electrons. The Kier molecular flexibility index (Phi) is 6.46. The van der Waals surface area contributed by atoms with E-state index >= 15 is 0 Å². The highest BCUT2D eigenvalue weighted by atomic mass is 16.3. The van der Waals surface area contributed by atoms with E-state index in [1.807, 2.05) is 55.6 Å². The summed E-state index contributed by atoms with van der Waals surface area (Å²) in [5, 5.41) is 11.8. The molecule has 3 aromatic rings. The number of piperidine rings is 1. The maximum absolute atomic E-state index is 12.5. The van der Waals surface area contributed by atoms with Crippen LogP contribution in [0.25, 0.3) is 17.0 Å². The Morgan fingerprint density at radius 3 is 2.53 bits per heavy atom. The van der Waals surface area contributed by atoms with Crippen LogP contribution >= 0.6 is 0 Å². The van der Waals surface area contributed by atoms with Gasteiger partial charge in [0, 0.05) is 41.3 Å². The molecule has 1 aromatic heterocycles. The number of nitrogens with zero attached hydrogens (tertiary/aromatic N) is 2. The third kappa shape index (κ3) is 4.89. The van der Waals surface area contributed by atoms with Gasteiger partial charge < -0.3 is 14.6 Å². The molecule has 2 heterocycles. The van der Waals surface area contributed by atoms with Crippen molar-refractivity contribution < 1.29 is 9.90 Å². The van der Waals surface area contributed by atoms with Crippen molar-refractivity contribution >= 4 is 22.8 Å². The summed E-state index contributed by atoms with van der Waals surface area (Å²) in [6.45, 7) is 5.44. The zero-order chi connectivity index (χ0) is 20.9. The molecule has 1 unspecified atom stereocenters. The van der Waals surface area contributed by atoms with Gasteiger partial charge in [0.2, 0.25) is 0 Å². The van der Waals surface area contributed by atoms with Crippen LogP contribution in [-0.2, 0) is 6.54 Å². The van der Waals surface area contributed by atoms with Gasteiger partial charge in [-0.3, -0.25) is 4.79 Å². The molecule has 2 aromatic carbocycles. The lowest BCUT2D eigenvalue weighted by atomic mass is 10.1. The van der Waals surface area contributed by atoms with Crippen molar-refractivity contribution in [2.45, 2.75) is 38.8 Å². The van der Waals surface area contributed by atoms with Gasteiger partial charge in [-0.05, 0) is 51.1 Å². The molecule has 156 valence electrons. The topological polar surface area (TPSA) is 45.5 Å². The first kappa shape index (κ1) is 20.6. The second-order valence-electron chi connectivity index (χ2n) is 8.33. The Labute approximate surface area is 178 Å². The Bertz CT molecular complexity index is 1030. The largest absolute Gasteiger partial charge is 0.390 e. The Hall–Kier alpha value is -2.69. The average Bonchev–Trinajstić information content (AvgIpc) is 3.10. The van der Waals surface area contributed by atoms with Crippen molar-refractivity contribution in [1.29, 1.82) is 0 Å². The summed E-state index contributed by atoms with van der Waals surface area (Å²) in [6, 6.07) is 15.8. The molecule has 1 atom stereocenters. The third-order valence-corrected chi connectivity index (χ3v) is 5.89. The van der Waals surface area contributed by atoms with Crippen molar-refractivity contribution in [3.63, 3.8) is 0 Å². The van der Waals surface area contributed by atoms with Crippen LogP contribution in [0, 0.1) is 6.92 Å². The number of likely N-dealkylation sites (tertiary alicyclic amines) is 1. The minimum absolute atomic E-state index is 0.00281. The molecule has 0 spiro atoms. The van der Waals surface area contributed by atoms with E-state index in [-0.39, 0.29) is 5.78 Å². The summed E-state index contributed by atoms with van der Waals surface area (Å²) in [5.41, 5.74) is 3.91. The van der Waals surface area contributed by atoms with Crippen LogP contribution < -0.4 is 0 Å². The van der Waals surface area contributed by atoms with E-state index in [0.29, 0.717) is 18.7 Å². The van der Waals surface area contributed by atoms with Gasteiger partial charge in [-0.1, -0.05) is 54.4 Å². The lowest BCUT2D eigenvalue weighted by molar-refractivity contribution is 0.0892. The van der Waals surface area contributed by atoms with Crippen LogP contribution in [0.3, 0.4) is 0 Å². The second kappa shape index (κ2) is 9.41. The first-order valence-corrected chi connectivity index (χ1v) is 10.9. The number of hydrogen-bond donors (Lipinski definition) is 1. The molecule has 0 amide bonds. The number of ketones is 1. The van der Waals surface area contributed by atoms with Crippen LogP contribution in [-0.4, -0.2) is 46.1 Å². The number of aliphatic hydroxyl groups is 1. The first-order valence-electron chi connectivity index (χ1n) is 10.9. The van der Waals surface area contributed by atoms with Crippen molar-refractivity contribution in [3.05, 3.63) is 77.5 Å². The number of aryl methyl sites for hydroxylation is 1. The first-order chi connectivity index (χ1) is 14.6. The second-order valence-corrected chi connectivity index (χ2v) is 8.33. The van der Waals surface area contributed by atoms with Gasteiger partial charge in [0.15, 0.2) is 5.78 Å². The van der Waals surface area contributed by atoms with Crippen LogP contribution in [0.2, 0.25) is 0 Å². The maximum Gasteiger partial charge on any atom is 0.185 e. The fraction of sp³-hybridized carbons (Fsp3) is 0.346. The Morgan fingerprint density at radius 1 is 1.03 bits per heavy atom. The number of aromatic nitrogens is 1. The van der Waals surface area contributed by atoms with E-state index in [1.165, 1.54) is 19.3 Å². The van der Waals surface area contributed by atoms with Gasteiger partial charge in [0.1, 0.15) is 0 Å². The molecule has 4 heteroatoms. The van der Waals surface area contributed by atoms with Gasteiger partial charge in [-0.25, -0.2) is 0 Å². The van der Waals surface area contributed by atoms with Gasteiger partial charge in [0.05, 0.1) is 6.10 Å². The Morgan fingerprint density at radius 2 is 1.77 bits per heavy atom. The summed E-state index contributed by atoms with van der Waals surface area (Å²) in [6.07, 6.45) is 8.91. The molecule has 1 aliphatic heterocycles. The van der Waals surface area contributed by atoms with E-state index in [0.717, 1.165) is 35.1 Å². The number of rotatable bonds is 7. The number of aliphatic hydroxyl groups excluding tert-OH is 1. The maximum atomic E-state index is 12.5. The molecule has 1 N–H and O–H groups in total. The molecular weight excluding hydrogens is 372 g/mol. The fourth-order valence-electron chi connectivity index (χ4n) is 4.26. The lowest BCUT2D eigenvalue weighted by Crippen LogP contribution is -2.37. The zero-order valence-corrected chi connectivity index (χ0v) is 17.6. The van der Waals surface area contributed by atoms with Gasteiger partial charge in [-0.15, -0.1) is 0 Å². The number of β-amino-alcohol motifs (C(OH)–C–C–N with tert-alkyl or cyclic N) is 1. The lowest BCUT2D eigenvalue weighted by Gasteiger charge is -2.28. The average molecular weight is 403 g/mol. The molecule has 0 bridgehead atoms. The summed E-state index contributed by atoms with van der Waals surface area (Å²) in [5.74, 6) is -0.00281. The van der Waals surface area contributed by atoms with Crippen molar-refractivity contribution in [2.24, 2.45) is 0 Å². The summed E-state index contributed by atoms with van der Waals surface area (Å²) in [7, 11) is 0. The predicted octanol–water partition coefficient (Wildman–Crippen LogP) is 4.69. The smallest absolute Gasteiger partial charge is 0.185 e. The number of hydrogen-bond acceptors (Lipinski definition) is 3. The van der Waals surface area contributed by atoms with E-state index in [2.05, 4.69) is 21.6 Å². The highest BCUT2D eigenvalue weighted by molar-refractivity contribution is 6.07. The van der Waals surface area contributed by atoms with Gasteiger partial charge in [-0.2, -0.15) is 0 Å². The molecule has 1 saturated heterocycles. The molecule has 1 fully saturated rings. The quantitative estimate of drug-likeness (QED) is 0.461. The normalized spacial score (nSPS) is 16.3. The number of allylic oxidation sites excluding steroid dienone is 1. The van der Waals surface area contributed by atoms with Gasteiger partial charge in [0.25, 0.3) is 0 Å². The third-order valence-electron chi connectivity index (χ3n) is 5.89. The molecular formula is C26H30N2O2. The molecule has 4 nitrogen and oxygen atoms in total. The fourth-order valence-corrected chi connectivity index (χ4v) is 4.26. The molecule has 4 rings (SSSR count). The predicted molar refractivity (Wildman–Crippen MR) is 123 cm³/mol. The van der Waals surface area contributed by atoms with Crippen LogP contribution in [0.1, 0.15) is 40.7 Å². The number of carbonyl (C=O) groups is 1. The molecule has 0 saturated carbocycles. The van der Waals surface area contributed by atoms with Crippen molar-refractivity contribution in [3.8, 4) is 0 Å². The van der Waals surface area contributed by atoms with Gasteiger partial charge >= 0.3 is 0 Å². The zero-order valence-electron chi connectivity index (χ0n) is 17.6. The van der Waals surface area contributed by atoms with E-state index < -0.39 is 6.10 Å². The van der Waals surface area contributed by atoms with Crippen molar-refractivity contribution in [2.75, 3.05) is 19.6 Å². The van der Waals surface area contributed by atoms with Crippen LogP contribution in [0.4, 0.5) is 0 Å². The number of fused-ring (bicyclic) bond motifs is 1. The highest BCUT2D eigenvalue weighted by Gasteiger charge is 2.16. The number of carbonyl (C=O) groups excluding carboxylic acids is 1. The van der Waals surface area contributed by atoms with Crippen molar-refractivity contribution in [1.82, 2.24) is 9.47 Å². The van der Waals surface area contributed by atoms with Crippen LogP contribution in [0.15, 0.2) is 60.8 Å². The number of benzene rings is 2. The summed E-state index contributed by atoms with van der Waals surface area (Å²) in [4.78, 5) is 14.9. The minimum Gasteiger partial charge on any atom is -0.390 e. The highest BCUT2D eigenvalue weighted by Crippen LogP contribution is 2.23. The standard InChI is InChI=1S/C26H30N2O2/c1-20-9-11-21(12-10-20)26(30)14-13-22-17-28(25-8-4-3-7-24(22)25)19-23(29)18-27-15-5-2-6-16-27/h3-4,7-14,17,23,29H,2,5-6,15-16,18-19H2,1H3/b14-13+. The van der Waals surface area contributed by atoms with E-state index in [9.17, 15) is 9.90 Å². The minimum atomic E-state index is -0.412. The molecule has 0 aliphatic carbocycles. The van der Waals surface area contributed by atoms with Crippen LogP contribution in [0.5, 0.6) is 0 Å². The summed E-state index contributed by atoms with van der Waals surface area (Å²) < 4.78 is 2.11. The monoisotopic (exact) mass is 402 g/mol. The van der Waals surface area contributed by atoms with E-state index in [1.54, 1.807) is 6.08 Å². The Balaban J connectivity index is 1.51. The molecule has 1 aliphatic rings. The van der Waals surface area contributed by atoms with E-state index in [4.69, 9.17) is 0 Å². The molecule has 30 heavy (non-hydrogen) atoms. The summed E-state index contributed by atoms with van der Waals surface area (Å²) >= 11 is 0. The SMILES string of the molecule is Cc1ccc(C(=O)/C=C/c2cn(CC(O)CN3CCCCC3)c3ccccc23)cc1.